The van der Waals surface area contributed by atoms with Gasteiger partial charge < -0.3 is 4.90 Å². The molecule has 0 saturated carbocycles. The van der Waals surface area contributed by atoms with Crippen LogP contribution in [0.15, 0.2) is 22.7 Å². The molecule has 1 fully saturated rings. The highest BCUT2D eigenvalue weighted by molar-refractivity contribution is 9.10. The van der Waals surface area contributed by atoms with Crippen molar-refractivity contribution < 1.29 is 4.79 Å². The Kier molecular flexibility index (Phi) is 4.51. The van der Waals surface area contributed by atoms with E-state index in [1.165, 1.54) is 0 Å². The van der Waals surface area contributed by atoms with Gasteiger partial charge in [0.2, 0.25) is 0 Å². The van der Waals surface area contributed by atoms with Crippen LogP contribution in [-0.4, -0.2) is 35.4 Å². The summed E-state index contributed by atoms with van der Waals surface area (Å²) in [5.41, 5.74) is 1.99. The lowest BCUT2D eigenvalue weighted by Crippen LogP contribution is -2.38. The number of rotatable bonds is 2. The fourth-order valence-electron chi connectivity index (χ4n) is 2.00. The van der Waals surface area contributed by atoms with E-state index in [9.17, 15) is 4.79 Å². The highest BCUT2D eigenvalue weighted by atomic mass is 79.9. The third kappa shape index (κ3) is 3.05. The molecule has 0 atom stereocenters. The molecular weight excluding hydrogens is 298 g/mol. The molecule has 1 amide bonds. The molecule has 0 radical (unpaired) electrons. The molecule has 0 N–H and O–H groups in total. The van der Waals surface area contributed by atoms with E-state index in [1.54, 1.807) is 0 Å². The van der Waals surface area contributed by atoms with Crippen LogP contribution >= 0.6 is 27.7 Å². The van der Waals surface area contributed by atoms with Crippen LogP contribution in [0.25, 0.3) is 0 Å². The number of carbonyl (C=O) groups excluding carboxylic acids is 1. The molecule has 1 aliphatic rings. The predicted octanol–water partition coefficient (Wildman–Crippen LogP) is 3.20. The maximum atomic E-state index is 12.4. The maximum Gasteiger partial charge on any atom is 0.254 e. The van der Waals surface area contributed by atoms with Crippen LogP contribution in [0.4, 0.5) is 0 Å². The quantitative estimate of drug-likeness (QED) is 0.835. The maximum absolute atomic E-state index is 12.4. The molecule has 17 heavy (non-hydrogen) atoms. The van der Waals surface area contributed by atoms with Crippen molar-refractivity contribution >= 4 is 33.6 Å². The summed E-state index contributed by atoms with van der Waals surface area (Å²) in [6.07, 6.45) is 0.892. The molecule has 0 unspecified atom stereocenters. The molecule has 2 nitrogen and oxygen atoms in total. The van der Waals surface area contributed by atoms with Gasteiger partial charge in [0.1, 0.15) is 0 Å². The monoisotopic (exact) mass is 313 g/mol. The van der Waals surface area contributed by atoms with E-state index >= 15 is 0 Å². The van der Waals surface area contributed by atoms with E-state index in [0.29, 0.717) is 0 Å². The second-order valence-corrected chi connectivity index (χ2v) is 6.20. The number of nitrogens with zero attached hydrogens (tertiary/aromatic N) is 1. The zero-order valence-electron chi connectivity index (χ0n) is 9.91. The molecule has 0 bridgehead atoms. The summed E-state index contributed by atoms with van der Waals surface area (Å²) >= 11 is 5.38. The van der Waals surface area contributed by atoms with E-state index < -0.39 is 0 Å². The van der Waals surface area contributed by atoms with E-state index in [2.05, 4.69) is 22.9 Å². The van der Waals surface area contributed by atoms with Crippen molar-refractivity contribution in [1.82, 2.24) is 4.90 Å². The van der Waals surface area contributed by atoms with Crippen molar-refractivity contribution in [2.24, 2.45) is 0 Å². The highest BCUT2D eigenvalue weighted by Crippen LogP contribution is 2.20. The predicted molar refractivity (Wildman–Crippen MR) is 76.7 cm³/mol. The topological polar surface area (TPSA) is 20.3 Å². The summed E-state index contributed by atoms with van der Waals surface area (Å²) in [6, 6.07) is 5.93. The van der Waals surface area contributed by atoms with Crippen molar-refractivity contribution in [3.63, 3.8) is 0 Å². The van der Waals surface area contributed by atoms with Gasteiger partial charge >= 0.3 is 0 Å². The van der Waals surface area contributed by atoms with Crippen molar-refractivity contribution in [3.05, 3.63) is 33.8 Å². The average molecular weight is 314 g/mol. The zero-order chi connectivity index (χ0) is 12.3. The Morgan fingerprint density at radius 1 is 1.41 bits per heavy atom. The van der Waals surface area contributed by atoms with Gasteiger partial charge in [0.25, 0.3) is 5.91 Å². The second kappa shape index (κ2) is 5.91. The number of halogens is 1. The summed E-state index contributed by atoms with van der Waals surface area (Å²) in [7, 11) is 0. The number of aryl methyl sites for hydroxylation is 1. The van der Waals surface area contributed by atoms with Gasteiger partial charge in [-0.05, 0) is 30.2 Å². The van der Waals surface area contributed by atoms with Crippen LogP contribution in [0, 0.1) is 0 Å². The minimum absolute atomic E-state index is 0.189. The van der Waals surface area contributed by atoms with Crippen molar-refractivity contribution in [2.45, 2.75) is 13.3 Å². The van der Waals surface area contributed by atoms with E-state index in [0.717, 1.165) is 46.6 Å². The SMILES string of the molecule is CCc1cc(Br)ccc1C(=O)N1CCSCC1. The highest BCUT2D eigenvalue weighted by Gasteiger charge is 2.20. The lowest BCUT2D eigenvalue weighted by Gasteiger charge is -2.27. The summed E-state index contributed by atoms with van der Waals surface area (Å²) in [6.45, 7) is 3.84. The van der Waals surface area contributed by atoms with Crippen LogP contribution in [-0.2, 0) is 6.42 Å². The van der Waals surface area contributed by atoms with Crippen LogP contribution < -0.4 is 0 Å². The first-order valence-electron chi connectivity index (χ1n) is 5.88. The molecule has 92 valence electrons. The fourth-order valence-corrected chi connectivity index (χ4v) is 3.31. The Labute approximate surface area is 115 Å². The summed E-state index contributed by atoms with van der Waals surface area (Å²) < 4.78 is 1.04. The molecule has 0 spiro atoms. The Hall–Kier alpha value is -0.480. The number of carbonyl (C=O) groups is 1. The van der Waals surface area contributed by atoms with Gasteiger partial charge in [-0.2, -0.15) is 11.8 Å². The third-order valence-corrected chi connectivity index (χ3v) is 4.41. The third-order valence-electron chi connectivity index (χ3n) is 2.98. The average Bonchev–Trinajstić information content (AvgIpc) is 2.39. The molecule has 1 heterocycles. The zero-order valence-corrected chi connectivity index (χ0v) is 12.3. The Bertz CT molecular complexity index is 416. The van der Waals surface area contributed by atoms with Crippen LogP contribution in [0.2, 0.25) is 0 Å². The first-order valence-corrected chi connectivity index (χ1v) is 7.82. The summed E-state index contributed by atoms with van der Waals surface area (Å²) in [5, 5.41) is 0. The molecule has 0 aliphatic carbocycles. The van der Waals surface area contributed by atoms with E-state index in [4.69, 9.17) is 0 Å². The van der Waals surface area contributed by atoms with E-state index in [-0.39, 0.29) is 5.91 Å². The molecule has 1 aromatic carbocycles. The van der Waals surface area contributed by atoms with Gasteiger partial charge in [0.05, 0.1) is 0 Å². The second-order valence-electron chi connectivity index (χ2n) is 4.06. The molecule has 0 aromatic heterocycles. The first kappa shape index (κ1) is 13.0. The number of thioether (sulfide) groups is 1. The van der Waals surface area contributed by atoms with Crippen LogP contribution in [0.3, 0.4) is 0 Å². The van der Waals surface area contributed by atoms with Gasteiger partial charge in [-0.1, -0.05) is 22.9 Å². The smallest absolute Gasteiger partial charge is 0.254 e. The van der Waals surface area contributed by atoms with Gasteiger partial charge in [-0.25, -0.2) is 0 Å². The fraction of sp³-hybridized carbons (Fsp3) is 0.462. The molecule has 4 heteroatoms. The largest absolute Gasteiger partial charge is 0.337 e. The van der Waals surface area contributed by atoms with Gasteiger partial charge in [-0.3, -0.25) is 4.79 Å². The molecule has 1 aliphatic heterocycles. The van der Waals surface area contributed by atoms with Gasteiger partial charge in [-0.15, -0.1) is 0 Å². The van der Waals surface area contributed by atoms with Crippen LogP contribution in [0.1, 0.15) is 22.8 Å². The minimum atomic E-state index is 0.189. The Balaban J connectivity index is 2.23. The lowest BCUT2D eigenvalue weighted by molar-refractivity contribution is 0.0771. The molecule has 2 rings (SSSR count). The molecule has 1 aromatic rings. The minimum Gasteiger partial charge on any atom is -0.337 e. The van der Waals surface area contributed by atoms with Crippen molar-refractivity contribution in [2.75, 3.05) is 24.6 Å². The normalized spacial score (nSPS) is 16.0. The van der Waals surface area contributed by atoms with Gasteiger partial charge in [0.15, 0.2) is 0 Å². The summed E-state index contributed by atoms with van der Waals surface area (Å²) in [4.78, 5) is 14.4. The lowest BCUT2D eigenvalue weighted by atomic mass is 10.0. The number of hydrogen-bond acceptors (Lipinski definition) is 2. The summed E-state index contributed by atoms with van der Waals surface area (Å²) in [5.74, 6) is 2.31. The van der Waals surface area contributed by atoms with Crippen molar-refractivity contribution in [1.29, 1.82) is 0 Å². The molecule has 1 saturated heterocycles. The number of benzene rings is 1. The Morgan fingerprint density at radius 3 is 2.76 bits per heavy atom. The Morgan fingerprint density at radius 2 is 2.12 bits per heavy atom. The van der Waals surface area contributed by atoms with Crippen LogP contribution in [0.5, 0.6) is 0 Å². The van der Waals surface area contributed by atoms with Gasteiger partial charge in [0, 0.05) is 34.6 Å². The number of amides is 1. The number of hydrogen-bond donors (Lipinski definition) is 0. The van der Waals surface area contributed by atoms with E-state index in [1.807, 2.05) is 34.9 Å². The van der Waals surface area contributed by atoms with Crippen molar-refractivity contribution in [3.8, 4) is 0 Å². The molecular formula is C13H16BrNOS. The first-order chi connectivity index (χ1) is 8.22. The standard InChI is InChI=1S/C13H16BrNOS/c1-2-10-9-11(14)3-4-12(10)13(16)15-5-7-17-8-6-15/h3-4,9H,2,5-8H2,1H3.